The van der Waals surface area contributed by atoms with Crippen LogP contribution >= 0.6 is 0 Å². The van der Waals surface area contributed by atoms with Crippen LogP contribution in [0.4, 0.5) is 0 Å². The highest BCUT2D eigenvalue weighted by atomic mass is 16.2. The molecule has 0 aliphatic heterocycles. The maximum absolute atomic E-state index is 11.5. The Labute approximate surface area is 87.1 Å². The highest BCUT2D eigenvalue weighted by Gasteiger charge is 2.27. The van der Waals surface area contributed by atoms with Gasteiger partial charge in [0.25, 0.3) is 0 Å². The third kappa shape index (κ3) is 5.15. The molecule has 0 aliphatic rings. The summed E-state index contributed by atoms with van der Waals surface area (Å²) in [5, 5.41) is 0. The van der Waals surface area contributed by atoms with Crippen molar-refractivity contribution in [2.45, 2.75) is 59.8 Å². The summed E-state index contributed by atoms with van der Waals surface area (Å²) in [5.41, 5.74) is -0.512. The van der Waals surface area contributed by atoms with Gasteiger partial charge in [-0.2, -0.15) is 0 Å². The van der Waals surface area contributed by atoms with Crippen molar-refractivity contribution in [1.29, 1.82) is 0 Å². The van der Waals surface area contributed by atoms with Gasteiger partial charge in [-0.3, -0.25) is 9.59 Å². The normalized spacial score (nSPS) is 11.4. The number of ketones is 2. The molecule has 0 aromatic rings. The fourth-order valence-corrected chi connectivity index (χ4v) is 1.24. The van der Waals surface area contributed by atoms with E-state index < -0.39 is 5.41 Å². The molecular weight excluding hydrogens is 176 g/mol. The smallest absolute Gasteiger partial charge is 0.203 e. The van der Waals surface area contributed by atoms with E-state index in [9.17, 15) is 9.59 Å². The van der Waals surface area contributed by atoms with Crippen LogP contribution < -0.4 is 0 Å². The minimum atomic E-state index is -0.512. The van der Waals surface area contributed by atoms with Crippen LogP contribution in [0.3, 0.4) is 0 Å². The molecule has 0 aromatic carbocycles. The monoisotopic (exact) mass is 198 g/mol. The van der Waals surface area contributed by atoms with E-state index in [0.717, 1.165) is 25.7 Å². The van der Waals surface area contributed by atoms with E-state index in [-0.39, 0.29) is 11.6 Å². The van der Waals surface area contributed by atoms with Crippen LogP contribution in [0.5, 0.6) is 0 Å². The zero-order valence-electron chi connectivity index (χ0n) is 9.85. The van der Waals surface area contributed by atoms with Gasteiger partial charge in [0.2, 0.25) is 5.78 Å². The Kier molecular flexibility index (Phi) is 5.66. The predicted molar refractivity (Wildman–Crippen MR) is 58.2 cm³/mol. The van der Waals surface area contributed by atoms with Gasteiger partial charge in [0.15, 0.2) is 5.78 Å². The molecule has 0 saturated heterocycles. The number of carbonyl (C=O) groups is 2. The lowest BCUT2D eigenvalue weighted by Gasteiger charge is -2.14. The van der Waals surface area contributed by atoms with Crippen LogP contribution in [0.15, 0.2) is 0 Å². The first-order chi connectivity index (χ1) is 6.39. The predicted octanol–water partition coefficient (Wildman–Crippen LogP) is 3.14. The average Bonchev–Trinajstić information content (AvgIpc) is 2.09. The Morgan fingerprint density at radius 2 is 1.57 bits per heavy atom. The van der Waals surface area contributed by atoms with Gasteiger partial charge in [-0.15, -0.1) is 0 Å². The van der Waals surface area contributed by atoms with E-state index in [1.54, 1.807) is 20.8 Å². The molecule has 0 rings (SSSR count). The molecule has 2 heteroatoms. The molecule has 0 bridgehead atoms. The lowest BCUT2D eigenvalue weighted by Crippen LogP contribution is -2.28. The van der Waals surface area contributed by atoms with Crippen LogP contribution in [-0.2, 0) is 9.59 Å². The summed E-state index contributed by atoms with van der Waals surface area (Å²) in [5.74, 6) is -0.428. The molecular formula is C12H22O2. The lowest BCUT2D eigenvalue weighted by molar-refractivity contribution is -0.141. The summed E-state index contributed by atoms with van der Waals surface area (Å²) in [6.45, 7) is 7.50. The summed E-state index contributed by atoms with van der Waals surface area (Å²) in [6, 6.07) is 0. The highest BCUT2D eigenvalue weighted by Crippen LogP contribution is 2.16. The van der Waals surface area contributed by atoms with Gasteiger partial charge in [0.05, 0.1) is 0 Å². The van der Waals surface area contributed by atoms with Gasteiger partial charge in [-0.1, -0.05) is 47.0 Å². The number of rotatable bonds is 6. The number of hydrogen-bond donors (Lipinski definition) is 0. The first-order valence-corrected chi connectivity index (χ1v) is 5.47. The van der Waals surface area contributed by atoms with Crippen molar-refractivity contribution < 1.29 is 9.59 Å². The van der Waals surface area contributed by atoms with Crippen molar-refractivity contribution in [3.63, 3.8) is 0 Å². The summed E-state index contributed by atoms with van der Waals surface area (Å²) >= 11 is 0. The molecule has 0 fully saturated rings. The fraction of sp³-hybridized carbons (Fsp3) is 0.833. The maximum Gasteiger partial charge on any atom is 0.203 e. The van der Waals surface area contributed by atoms with Gasteiger partial charge in [-0.05, 0) is 6.42 Å². The quantitative estimate of drug-likeness (QED) is 0.485. The first kappa shape index (κ1) is 13.3. The Balaban J connectivity index is 3.81. The molecule has 0 heterocycles. The van der Waals surface area contributed by atoms with Crippen LogP contribution in [0.2, 0.25) is 0 Å². The molecule has 82 valence electrons. The maximum atomic E-state index is 11.5. The molecule has 0 spiro atoms. The zero-order valence-corrected chi connectivity index (χ0v) is 9.85. The third-order valence-corrected chi connectivity index (χ3v) is 2.19. The van der Waals surface area contributed by atoms with E-state index in [2.05, 4.69) is 6.92 Å². The minimum absolute atomic E-state index is 0.200. The lowest BCUT2D eigenvalue weighted by atomic mass is 9.87. The number of Topliss-reactive ketones (excluding diaryl/α,β-unsaturated/α-hetero) is 2. The van der Waals surface area contributed by atoms with Crippen molar-refractivity contribution in [3.05, 3.63) is 0 Å². The molecule has 0 aliphatic carbocycles. The SMILES string of the molecule is CCCCCCC(=O)C(=O)C(C)(C)C. The second kappa shape index (κ2) is 5.94. The van der Waals surface area contributed by atoms with Crippen molar-refractivity contribution in [2.75, 3.05) is 0 Å². The number of hydrogen-bond acceptors (Lipinski definition) is 2. The molecule has 0 N–H and O–H groups in total. The van der Waals surface area contributed by atoms with Crippen LogP contribution in [0, 0.1) is 5.41 Å². The Morgan fingerprint density at radius 3 is 2.00 bits per heavy atom. The van der Waals surface area contributed by atoms with Gasteiger partial charge < -0.3 is 0 Å². The molecule has 0 atom stereocenters. The van der Waals surface area contributed by atoms with Crippen LogP contribution in [-0.4, -0.2) is 11.6 Å². The van der Waals surface area contributed by atoms with Crippen molar-refractivity contribution in [2.24, 2.45) is 5.41 Å². The summed E-state index contributed by atoms with van der Waals surface area (Å²) in [7, 11) is 0. The summed E-state index contributed by atoms with van der Waals surface area (Å²) in [4.78, 5) is 22.9. The number of carbonyl (C=O) groups excluding carboxylic acids is 2. The summed E-state index contributed by atoms with van der Waals surface area (Å²) in [6.07, 6.45) is 4.64. The van der Waals surface area contributed by atoms with E-state index in [0.29, 0.717) is 6.42 Å². The Morgan fingerprint density at radius 1 is 1.00 bits per heavy atom. The number of unbranched alkanes of at least 4 members (excludes halogenated alkanes) is 3. The Hall–Kier alpha value is -0.660. The van der Waals surface area contributed by atoms with E-state index in [1.165, 1.54) is 0 Å². The van der Waals surface area contributed by atoms with Crippen molar-refractivity contribution >= 4 is 11.6 Å². The minimum Gasteiger partial charge on any atom is -0.291 e. The first-order valence-electron chi connectivity index (χ1n) is 5.47. The largest absolute Gasteiger partial charge is 0.291 e. The topological polar surface area (TPSA) is 34.1 Å². The van der Waals surface area contributed by atoms with Crippen molar-refractivity contribution in [3.8, 4) is 0 Å². The Bertz CT molecular complexity index is 199. The highest BCUT2D eigenvalue weighted by molar-refractivity contribution is 6.38. The van der Waals surface area contributed by atoms with Gasteiger partial charge in [0.1, 0.15) is 0 Å². The average molecular weight is 198 g/mol. The van der Waals surface area contributed by atoms with Crippen LogP contribution in [0.1, 0.15) is 59.8 Å². The summed E-state index contributed by atoms with van der Waals surface area (Å²) < 4.78 is 0. The standard InChI is InChI=1S/C12H22O2/c1-5-6-7-8-9-10(13)11(14)12(2,3)4/h5-9H2,1-4H3. The van der Waals surface area contributed by atoms with Crippen molar-refractivity contribution in [1.82, 2.24) is 0 Å². The molecule has 0 unspecified atom stereocenters. The fourth-order valence-electron chi connectivity index (χ4n) is 1.24. The van der Waals surface area contributed by atoms with Gasteiger partial charge in [0, 0.05) is 11.8 Å². The molecule has 14 heavy (non-hydrogen) atoms. The van der Waals surface area contributed by atoms with E-state index >= 15 is 0 Å². The van der Waals surface area contributed by atoms with Crippen LogP contribution in [0.25, 0.3) is 0 Å². The third-order valence-electron chi connectivity index (χ3n) is 2.19. The van der Waals surface area contributed by atoms with Gasteiger partial charge >= 0.3 is 0 Å². The second-order valence-electron chi connectivity index (χ2n) is 4.81. The van der Waals surface area contributed by atoms with Gasteiger partial charge in [-0.25, -0.2) is 0 Å². The zero-order chi connectivity index (χ0) is 11.2. The molecule has 0 radical (unpaired) electrons. The molecule has 0 aromatic heterocycles. The van der Waals surface area contributed by atoms with E-state index in [1.807, 2.05) is 0 Å². The molecule has 0 amide bonds. The van der Waals surface area contributed by atoms with E-state index in [4.69, 9.17) is 0 Å². The molecule has 0 saturated carbocycles. The molecule has 2 nitrogen and oxygen atoms in total. The second-order valence-corrected chi connectivity index (χ2v) is 4.81.